The van der Waals surface area contributed by atoms with E-state index in [-0.39, 0.29) is 12.0 Å². The Balaban J connectivity index is 1.62. The summed E-state index contributed by atoms with van der Waals surface area (Å²) in [5.41, 5.74) is 3.45. The molecule has 2 aromatic carbocycles. The van der Waals surface area contributed by atoms with Crippen molar-refractivity contribution < 1.29 is 9.53 Å². The Morgan fingerprint density at radius 3 is 2.67 bits per heavy atom. The van der Waals surface area contributed by atoms with Gasteiger partial charge < -0.3 is 9.64 Å². The van der Waals surface area contributed by atoms with Gasteiger partial charge in [-0.1, -0.05) is 54.6 Å². The van der Waals surface area contributed by atoms with Crippen LogP contribution in [0.5, 0.6) is 0 Å². The molecule has 138 valence electrons. The van der Waals surface area contributed by atoms with Crippen LogP contribution in [0.1, 0.15) is 23.4 Å². The van der Waals surface area contributed by atoms with E-state index >= 15 is 0 Å². The van der Waals surface area contributed by atoms with Crippen LogP contribution < -0.4 is 0 Å². The minimum Gasteiger partial charge on any atom is -0.368 e. The Labute approximate surface area is 163 Å². The van der Waals surface area contributed by atoms with Crippen LogP contribution in [0.2, 0.25) is 0 Å². The molecule has 1 fully saturated rings. The number of amides is 1. The highest BCUT2D eigenvalue weighted by atomic mass is 32.1. The van der Waals surface area contributed by atoms with Crippen molar-refractivity contribution >= 4 is 17.2 Å². The number of carbonyl (C=O) groups excluding carboxylic acids is 1. The van der Waals surface area contributed by atoms with Gasteiger partial charge in [0.1, 0.15) is 11.1 Å². The van der Waals surface area contributed by atoms with Gasteiger partial charge in [0, 0.05) is 24.7 Å². The van der Waals surface area contributed by atoms with E-state index in [9.17, 15) is 4.79 Å². The van der Waals surface area contributed by atoms with E-state index in [1.54, 1.807) is 17.5 Å². The second kappa shape index (κ2) is 8.46. The van der Waals surface area contributed by atoms with Crippen LogP contribution in [0.25, 0.3) is 11.1 Å². The van der Waals surface area contributed by atoms with Crippen molar-refractivity contribution in [2.75, 3.05) is 6.61 Å². The number of thiazole rings is 1. The zero-order valence-electron chi connectivity index (χ0n) is 15.1. The molecule has 1 saturated heterocycles. The number of rotatable bonds is 6. The van der Waals surface area contributed by atoms with Crippen LogP contribution in [0.4, 0.5) is 0 Å². The number of aromatic nitrogens is 1. The average Bonchev–Trinajstić information content (AvgIpc) is 3.42. The molecule has 5 heteroatoms. The van der Waals surface area contributed by atoms with Gasteiger partial charge in [-0.05, 0) is 29.5 Å². The summed E-state index contributed by atoms with van der Waals surface area (Å²) < 4.78 is 5.66. The summed E-state index contributed by atoms with van der Waals surface area (Å²) in [4.78, 5) is 19.4. The van der Waals surface area contributed by atoms with E-state index in [4.69, 9.17) is 4.74 Å². The molecular weight excluding hydrogens is 356 g/mol. The monoisotopic (exact) mass is 378 g/mol. The smallest absolute Gasteiger partial charge is 0.252 e. The highest BCUT2D eigenvalue weighted by Gasteiger charge is 2.29. The van der Waals surface area contributed by atoms with Gasteiger partial charge in [-0.3, -0.25) is 4.79 Å². The van der Waals surface area contributed by atoms with Crippen molar-refractivity contribution in [3.05, 3.63) is 76.7 Å². The van der Waals surface area contributed by atoms with Crippen LogP contribution in [0.15, 0.2) is 66.2 Å². The molecule has 1 aliphatic heterocycles. The Morgan fingerprint density at radius 2 is 1.93 bits per heavy atom. The van der Waals surface area contributed by atoms with E-state index in [2.05, 4.69) is 29.2 Å². The molecule has 1 atom stereocenters. The molecule has 4 nitrogen and oxygen atoms in total. The highest BCUT2D eigenvalue weighted by molar-refractivity contribution is 7.09. The molecule has 1 aromatic heterocycles. The van der Waals surface area contributed by atoms with E-state index in [1.807, 2.05) is 40.6 Å². The predicted molar refractivity (Wildman–Crippen MR) is 107 cm³/mol. The number of benzene rings is 2. The van der Waals surface area contributed by atoms with Gasteiger partial charge in [0.15, 0.2) is 0 Å². The molecule has 0 N–H and O–H groups in total. The van der Waals surface area contributed by atoms with Gasteiger partial charge in [0.25, 0.3) is 5.91 Å². The molecule has 0 saturated carbocycles. The third kappa shape index (κ3) is 4.26. The summed E-state index contributed by atoms with van der Waals surface area (Å²) in [5, 5.41) is 2.89. The Kier molecular flexibility index (Phi) is 5.61. The summed E-state index contributed by atoms with van der Waals surface area (Å²) in [6, 6.07) is 18.6. The van der Waals surface area contributed by atoms with Gasteiger partial charge in [0.05, 0.1) is 6.54 Å². The summed E-state index contributed by atoms with van der Waals surface area (Å²) in [6.07, 6.45) is 3.20. The fraction of sp³-hybridized carbons (Fsp3) is 0.273. The van der Waals surface area contributed by atoms with Crippen LogP contribution in [-0.2, 0) is 22.6 Å². The molecule has 1 aliphatic rings. The zero-order valence-corrected chi connectivity index (χ0v) is 15.9. The first-order chi connectivity index (χ1) is 13.3. The third-order valence-corrected chi connectivity index (χ3v) is 5.55. The lowest BCUT2D eigenvalue weighted by Gasteiger charge is -2.25. The normalized spacial score (nSPS) is 16.4. The van der Waals surface area contributed by atoms with Gasteiger partial charge in [-0.2, -0.15) is 0 Å². The molecule has 0 bridgehead atoms. The second-order valence-electron chi connectivity index (χ2n) is 6.64. The maximum Gasteiger partial charge on any atom is 0.252 e. The van der Waals surface area contributed by atoms with Crippen molar-refractivity contribution in [3.8, 4) is 11.1 Å². The Bertz CT molecular complexity index is 874. The fourth-order valence-corrected chi connectivity index (χ4v) is 4.08. The van der Waals surface area contributed by atoms with Gasteiger partial charge >= 0.3 is 0 Å². The molecule has 0 spiro atoms. The van der Waals surface area contributed by atoms with E-state index in [0.717, 1.165) is 34.5 Å². The minimum atomic E-state index is -0.325. The molecule has 0 unspecified atom stereocenters. The molecule has 27 heavy (non-hydrogen) atoms. The van der Waals surface area contributed by atoms with Gasteiger partial charge in [-0.15, -0.1) is 11.3 Å². The predicted octanol–water partition coefficient (Wildman–Crippen LogP) is 4.52. The van der Waals surface area contributed by atoms with Crippen LogP contribution in [0.3, 0.4) is 0 Å². The SMILES string of the molecule is O=C([C@H]1CCCO1)N(Cc1nccs1)Cc1ccccc1-c1ccccc1. The number of carbonyl (C=O) groups is 1. The maximum atomic E-state index is 13.1. The van der Waals surface area contributed by atoms with E-state index in [1.165, 1.54) is 0 Å². The number of hydrogen-bond donors (Lipinski definition) is 0. The lowest BCUT2D eigenvalue weighted by molar-refractivity contribution is -0.142. The van der Waals surface area contributed by atoms with Gasteiger partial charge in [-0.25, -0.2) is 4.98 Å². The Hall–Kier alpha value is -2.50. The lowest BCUT2D eigenvalue weighted by Crippen LogP contribution is -2.38. The first-order valence-corrected chi connectivity index (χ1v) is 10.1. The van der Waals surface area contributed by atoms with Crippen molar-refractivity contribution in [1.29, 1.82) is 0 Å². The summed E-state index contributed by atoms with van der Waals surface area (Å²) in [5.74, 6) is 0.0607. The maximum absolute atomic E-state index is 13.1. The van der Waals surface area contributed by atoms with Crippen molar-refractivity contribution in [2.24, 2.45) is 0 Å². The molecule has 0 aliphatic carbocycles. The molecule has 0 radical (unpaired) electrons. The van der Waals surface area contributed by atoms with Crippen molar-refractivity contribution in [3.63, 3.8) is 0 Å². The average molecular weight is 378 g/mol. The highest BCUT2D eigenvalue weighted by Crippen LogP contribution is 2.26. The van der Waals surface area contributed by atoms with Crippen molar-refractivity contribution in [1.82, 2.24) is 9.88 Å². The van der Waals surface area contributed by atoms with E-state index in [0.29, 0.717) is 19.7 Å². The Morgan fingerprint density at radius 1 is 1.11 bits per heavy atom. The van der Waals surface area contributed by atoms with Crippen LogP contribution >= 0.6 is 11.3 Å². The minimum absolute atomic E-state index is 0.0607. The van der Waals surface area contributed by atoms with Gasteiger partial charge in [0.2, 0.25) is 0 Å². The zero-order chi connectivity index (χ0) is 18.5. The largest absolute Gasteiger partial charge is 0.368 e. The van der Waals surface area contributed by atoms with Crippen LogP contribution in [0, 0.1) is 0 Å². The van der Waals surface area contributed by atoms with Crippen molar-refractivity contribution in [2.45, 2.75) is 32.0 Å². The first kappa shape index (κ1) is 17.9. The second-order valence-corrected chi connectivity index (χ2v) is 7.62. The number of ether oxygens (including phenoxy) is 1. The summed E-state index contributed by atoms with van der Waals surface area (Å²) >= 11 is 1.58. The lowest BCUT2D eigenvalue weighted by atomic mass is 9.99. The standard InChI is InChI=1S/C22H22N2O2S/c25-22(20-11-6-13-26-20)24(16-21-23-12-14-27-21)15-18-9-4-5-10-19(18)17-7-2-1-3-8-17/h1-5,7-10,12,14,20H,6,11,13,15-16H2/t20-/m1/s1. The molecule has 2 heterocycles. The number of nitrogens with zero attached hydrogens (tertiary/aromatic N) is 2. The number of hydrogen-bond acceptors (Lipinski definition) is 4. The van der Waals surface area contributed by atoms with Crippen LogP contribution in [-0.4, -0.2) is 28.5 Å². The summed E-state index contributed by atoms with van der Waals surface area (Å²) in [7, 11) is 0. The molecular formula is C22H22N2O2S. The topological polar surface area (TPSA) is 42.4 Å². The molecule has 3 aromatic rings. The van der Waals surface area contributed by atoms with E-state index < -0.39 is 0 Å². The molecule has 1 amide bonds. The summed E-state index contributed by atoms with van der Waals surface area (Å²) in [6.45, 7) is 1.73. The molecule has 4 rings (SSSR count). The first-order valence-electron chi connectivity index (χ1n) is 9.23. The fourth-order valence-electron chi connectivity index (χ4n) is 3.45. The quantitative estimate of drug-likeness (QED) is 0.633. The third-order valence-electron chi connectivity index (χ3n) is 4.79.